The summed E-state index contributed by atoms with van der Waals surface area (Å²) in [7, 11) is 0. The minimum Gasteiger partial charge on any atom is -0.338 e. The first-order valence-corrected chi connectivity index (χ1v) is 12.0. The van der Waals surface area contributed by atoms with Crippen LogP contribution in [0.1, 0.15) is 35.4 Å². The van der Waals surface area contributed by atoms with Gasteiger partial charge in [0.05, 0.1) is 5.92 Å². The van der Waals surface area contributed by atoms with Gasteiger partial charge in [-0.15, -0.1) is 0 Å². The number of hydrogen-bond donors (Lipinski definition) is 2. The first-order chi connectivity index (χ1) is 16.6. The van der Waals surface area contributed by atoms with Crippen LogP contribution in [0.4, 0.5) is 5.69 Å². The molecule has 2 aliphatic rings. The van der Waals surface area contributed by atoms with E-state index in [0.29, 0.717) is 12.5 Å². The van der Waals surface area contributed by atoms with Crippen molar-refractivity contribution in [2.24, 2.45) is 5.92 Å². The predicted octanol–water partition coefficient (Wildman–Crippen LogP) is 4.75. The maximum absolute atomic E-state index is 13.5. The highest BCUT2D eigenvalue weighted by molar-refractivity contribution is 6.01. The lowest BCUT2D eigenvalue weighted by Crippen LogP contribution is -2.41. The third-order valence-corrected chi connectivity index (χ3v) is 6.41. The highest BCUT2D eigenvalue weighted by Crippen LogP contribution is 2.34. The average molecular weight is 456 g/mol. The lowest BCUT2D eigenvalue weighted by Gasteiger charge is -2.32. The smallest absolute Gasteiger partial charge is 0.231 e. The molecule has 2 aliphatic heterocycles. The number of fused-ring (bicyclic) bond motifs is 1. The van der Waals surface area contributed by atoms with Crippen molar-refractivity contribution in [3.63, 3.8) is 0 Å². The number of anilines is 1. The molecule has 2 amide bonds. The third-order valence-electron chi connectivity index (χ3n) is 6.41. The van der Waals surface area contributed by atoms with Crippen LogP contribution >= 0.6 is 0 Å². The molecular formula is C29H33N3O2. The van der Waals surface area contributed by atoms with Crippen LogP contribution in [0, 0.1) is 12.8 Å². The van der Waals surface area contributed by atoms with Crippen LogP contribution in [-0.4, -0.2) is 36.3 Å². The normalized spacial score (nSPS) is 18.8. The number of hydrogen-bond acceptors (Lipinski definition) is 3. The molecule has 2 N–H and O–H groups in total. The van der Waals surface area contributed by atoms with Gasteiger partial charge in [-0.1, -0.05) is 84.4 Å². The molecule has 0 bridgehead atoms. The van der Waals surface area contributed by atoms with E-state index in [1.807, 2.05) is 65.6 Å². The van der Waals surface area contributed by atoms with Crippen molar-refractivity contribution in [1.82, 2.24) is 10.2 Å². The van der Waals surface area contributed by atoms with Gasteiger partial charge in [0, 0.05) is 25.2 Å². The van der Waals surface area contributed by atoms with Crippen LogP contribution < -0.4 is 10.6 Å². The SMILES string of the molecule is Cc1ccccc1.O=C1CC(C(=O)N(Cc2ccccc2)CC2CCNC2)c2ccccc2N1. The molecule has 2 atom stereocenters. The summed E-state index contributed by atoms with van der Waals surface area (Å²) in [5.41, 5.74) is 4.12. The Morgan fingerprint density at radius 1 is 0.941 bits per heavy atom. The Morgan fingerprint density at radius 2 is 1.62 bits per heavy atom. The topological polar surface area (TPSA) is 61.4 Å². The van der Waals surface area contributed by atoms with E-state index in [4.69, 9.17) is 0 Å². The number of aryl methyl sites for hydroxylation is 1. The molecule has 0 spiro atoms. The molecule has 34 heavy (non-hydrogen) atoms. The van der Waals surface area contributed by atoms with E-state index in [1.165, 1.54) is 5.56 Å². The van der Waals surface area contributed by atoms with Gasteiger partial charge in [-0.25, -0.2) is 0 Å². The molecule has 3 aromatic carbocycles. The number of amides is 2. The van der Waals surface area contributed by atoms with E-state index in [9.17, 15) is 9.59 Å². The number of nitrogens with one attached hydrogen (secondary N) is 2. The summed E-state index contributed by atoms with van der Waals surface area (Å²) in [5, 5.41) is 6.27. The fourth-order valence-electron chi connectivity index (χ4n) is 4.60. The average Bonchev–Trinajstić information content (AvgIpc) is 3.37. The van der Waals surface area contributed by atoms with Crippen molar-refractivity contribution < 1.29 is 9.59 Å². The number of nitrogens with zero attached hydrogens (tertiary/aromatic N) is 1. The summed E-state index contributed by atoms with van der Waals surface area (Å²) in [4.78, 5) is 27.6. The Balaban J connectivity index is 0.000000336. The van der Waals surface area contributed by atoms with Crippen molar-refractivity contribution in [2.75, 3.05) is 25.0 Å². The monoisotopic (exact) mass is 455 g/mol. The first-order valence-electron chi connectivity index (χ1n) is 12.0. The molecule has 1 saturated heterocycles. The zero-order valence-corrected chi connectivity index (χ0v) is 19.7. The molecule has 5 heteroatoms. The maximum Gasteiger partial charge on any atom is 0.231 e. The Labute approximate surface area is 202 Å². The van der Waals surface area contributed by atoms with Crippen LogP contribution in [-0.2, 0) is 16.1 Å². The van der Waals surface area contributed by atoms with E-state index in [1.54, 1.807) is 0 Å². The molecule has 0 radical (unpaired) electrons. The van der Waals surface area contributed by atoms with Gasteiger partial charge >= 0.3 is 0 Å². The summed E-state index contributed by atoms with van der Waals surface area (Å²) < 4.78 is 0. The van der Waals surface area contributed by atoms with Crippen LogP contribution in [0.25, 0.3) is 0 Å². The van der Waals surface area contributed by atoms with Gasteiger partial charge in [0.1, 0.15) is 0 Å². The molecule has 5 rings (SSSR count). The summed E-state index contributed by atoms with van der Waals surface area (Å²) in [5.74, 6) is 0.0145. The highest BCUT2D eigenvalue weighted by atomic mass is 16.2. The van der Waals surface area contributed by atoms with E-state index < -0.39 is 5.92 Å². The molecule has 3 aromatic rings. The number of carbonyl (C=O) groups excluding carboxylic acids is 2. The molecule has 2 heterocycles. The second-order valence-electron chi connectivity index (χ2n) is 9.11. The van der Waals surface area contributed by atoms with Crippen molar-refractivity contribution in [1.29, 1.82) is 0 Å². The molecule has 2 unspecified atom stereocenters. The zero-order chi connectivity index (χ0) is 23.8. The molecule has 0 aromatic heterocycles. The predicted molar refractivity (Wildman–Crippen MR) is 136 cm³/mol. The second-order valence-corrected chi connectivity index (χ2v) is 9.11. The quantitative estimate of drug-likeness (QED) is 0.584. The number of carbonyl (C=O) groups is 2. The Morgan fingerprint density at radius 3 is 2.26 bits per heavy atom. The fraction of sp³-hybridized carbons (Fsp3) is 0.310. The van der Waals surface area contributed by atoms with Crippen LogP contribution in [0.2, 0.25) is 0 Å². The molecule has 1 fully saturated rings. The molecule has 5 nitrogen and oxygen atoms in total. The highest BCUT2D eigenvalue weighted by Gasteiger charge is 2.34. The van der Waals surface area contributed by atoms with Crippen LogP contribution in [0.15, 0.2) is 84.9 Å². The van der Waals surface area contributed by atoms with Gasteiger partial charge in [-0.2, -0.15) is 0 Å². The Hall–Kier alpha value is -3.44. The summed E-state index contributed by atoms with van der Waals surface area (Å²) in [6.45, 7) is 5.34. The van der Waals surface area contributed by atoms with E-state index in [0.717, 1.165) is 42.9 Å². The van der Waals surface area contributed by atoms with Crippen LogP contribution in [0.3, 0.4) is 0 Å². The maximum atomic E-state index is 13.5. The van der Waals surface area contributed by atoms with Crippen molar-refractivity contribution in [3.8, 4) is 0 Å². The Kier molecular flexibility index (Phi) is 8.10. The largest absolute Gasteiger partial charge is 0.338 e. The van der Waals surface area contributed by atoms with Gasteiger partial charge in [0.2, 0.25) is 11.8 Å². The van der Waals surface area contributed by atoms with Gasteiger partial charge < -0.3 is 15.5 Å². The van der Waals surface area contributed by atoms with Gasteiger partial charge in [-0.3, -0.25) is 9.59 Å². The lowest BCUT2D eigenvalue weighted by molar-refractivity contribution is -0.136. The second kappa shape index (κ2) is 11.6. The van der Waals surface area contributed by atoms with Crippen molar-refractivity contribution in [3.05, 3.63) is 102 Å². The summed E-state index contributed by atoms with van der Waals surface area (Å²) in [6.07, 6.45) is 1.30. The summed E-state index contributed by atoms with van der Waals surface area (Å²) >= 11 is 0. The first kappa shape index (κ1) is 23.7. The molecule has 0 saturated carbocycles. The minimum atomic E-state index is -0.409. The van der Waals surface area contributed by atoms with Gasteiger partial charge in [-0.05, 0) is 49.5 Å². The standard InChI is InChI=1S/C22H25N3O2.C7H8/c26-21-12-19(18-8-4-5-9-20(18)24-21)22(27)25(15-17-10-11-23-13-17)14-16-6-2-1-3-7-16;1-7-5-3-2-4-6-7/h1-9,17,19,23H,10-15H2,(H,24,26);2-6H,1H3. The van der Waals surface area contributed by atoms with Crippen molar-refractivity contribution in [2.45, 2.75) is 32.2 Å². The van der Waals surface area contributed by atoms with E-state index >= 15 is 0 Å². The lowest BCUT2D eigenvalue weighted by atomic mass is 9.89. The molecule has 176 valence electrons. The van der Waals surface area contributed by atoms with Gasteiger partial charge in [0.25, 0.3) is 0 Å². The van der Waals surface area contributed by atoms with Crippen LogP contribution in [0.5, 0.6) is 0 Å². The van der Waals surface area contributed by atoms with Crippen molar-refractivity contribution >= 4 is 17.5 Å². The fourth-order valence-corrected chi connectivity index (χ4v) is 4.60. The zero-order valence-electron chi connectivity index (χ0n) is 19.7. The Bertz CT molecular complexity index is 1080. The molecular weight excluding hydrogens is 422 g/mol. The number of para-hydroxylation sites is 1. The number of rotatable bonds is 5. The van der Waals surface area contributed by atoms with E-state index in [-0.39, 0.29) is 18.2 Å². The van der Waals surface area contributed by atoms with E-state index in [2.05, 4.69) is 41.8 Å². The van der Waals surface area contributed by atoms with Gasteiger partial charge in [0.15, 0.2) is 0 Å². The molecule has 0 aliphatic carbocycles. The minimum absolute atomic E-state index is 0.0491. The number of benzene rings is 3. The third kappa shape index (κ3) is 6.33. The summed E-state index contributed by atoms with van der Waals surface area (Å²) in [6, 6.07) is 28.0.